The van der Waals surface area contributed by atoms with Crippen LogP contribution in [0.25, 0.3) is 0 Å². The van der Waals surface area contributed by atoms with E-state index in [1.807, 2.05) is 0 Å². The minimum Gasteiger partial charge on any atom is -0.110 e. The van der Waals surface area contributed by atoms with Crippen molar-refractivity contribution < 1.29 is 0 Å². The van der Waals surface area contributed by atoms with Crippen molar-refractivity contribution in [3.05, 3.63) is 0 Å². The maximum absolute atomic E-state index is 2.44. The summed E-state index contributed by atoms with van der Waals surface area (Å²) < 4.78 is 0. The lowest BCUT2D eigenvalue weighted by Gasteiger charge is -2.18. The molecule has 0 spiro atoms. The van der Waals surface area contributed by atoms with Crippen LogP contribution < -0.4 is 0 Å². The Labute approximate surface area is 73.5 Å². The third-order valence-electron chi connectivity index (χ3n) is 2.38. The Morgan fingerprint density at radius 1 is 1.18 bits per heavy atom. The first-order valence-corrected chi connectivity index (χ1v) is 7.09. The fourth-order valence-electron chi connectivity index (χ4n) is 1.40. The molecule has 0 N–H and O–H groups in total. The van der Waals surface area contributed by atoms with Gasteiger partial charge < -0.3 is 0 Å². The van der Waals surface area contributed by atoms with Crippen LogP contribution in [0.4, 0.5) is 0 Å². The monoisotopic (exact) mass is 174 g/mol. The van der Waals surface area contributed by atoms with Crippen LogP contribution in [-0.2, 0) is 0 Å². The quantitative estimate of drug-likeness (QED) is 0.535. The molecule has 0 aromatic rings. The van der Waals surface area contributed by atoms with Crippen molar-refractivity contribution in [1.82, 2.24) is 0 Å². The van der Waals surface area contributed by atoms with Gasteiger partial charge in [0.15, 0.2) is 0 Å². The summed E-state index contributed by atoms with van der Waals surface area (Å²) in [5.41, 5.74) is 0. The number of hydrogen-bond acceptors (Lipinski definition) is 0. The van der Waals surface area contributed by atoms with Crippen molar-refractivity contribution in [1.29, 1.82) is 0 Å². The van der Waals surface area contributed by atoms with Gasteiger partial charge >= 0.3 is 0 Å². The van der Waals surface area contributed by atoms with Crippen LogP contribution >= 0.6 is 7.92 Å². The molecule has 0 nitrogen and oxygen atoms in total. The van der Waals surface area contributed by atoms with E-state index in [1.54, 1.807) is 0 Å². The lowest BCUT2D eigenvalue weighted by molar-refractivity contribution is 0.515. The van der Waals surface area contributed by atoms with E-state index in [-0.39, 0.29) is 0 Å². The molecule has 2 atom stereocenters. The second-order valence-corrected chi connectivity index (χ2v) is 6.13. The second kappa shape index (κ2) is 7.10. The van der Waals surface area contributed by atoms with Crippen LogP contribution in [0.3, 0.4) is 0 Å². The van der Waals surface area contributed by atoms with Crippen molar-refractivity contribution in [2.24, 2.45) is 5.92 Å². The normalized spacial score (nSPS) is 16.4. The summed E-state index contributed by atoms with van der Waals surface area (Å²) in [4.78, 5) is 0. The molecular formula is C10H23P. The summed E-state index contributed by atoms with van der Waals surface area (Å²) >= 11 is 0. The van der Waals surface area contributed by atoms with E-state index in [0.29, 0.717) is 7.92 Å². The van der Waals surface area contributed by atoms with Gasteiger partial charge in [-0.05, 0) is 24.9 Å². The average Bonchev–Trinajstić information content (AvgIpc) is 2.03. The van der Waals surface area contributed by atoms with Gasteiger partial charge in [0, 0.05) is 0 Å². The van der Waals surface area contributed by atoms with E-state index in [4.69, 9.17) is 0 Å². The third kappa shape index (κ3) is 5.67. The first-order valence-electron chi connectivity index (χ1n) is 4.93. The molecule has 0 aliphatic rings. The Morgan fingerprint density at radius 3 is 2.18 bits per heavy atom. The summed E-state index contributed by atoms with van der Waals surface area (Å²) in [6.07, 6.45) is 7.13. The van der Waals surface area contributed by atoms with E-state index in [2.05, 4.69) is 27.4 Å². The molecule has 0 radical (unpaired) electrons. The molecule has 68 valence electrons. The molecule has 1 heteroatoms. The molecule has 0 aromatic heterocycles. The Balaban J connectivity index is 3.49. The molecule has 0 saturated carbocycles. The second-order valence-electron chi connectivity index (χ2n) is 3.42. The van der Waals surface area contributed by atoms with Gasteiger partial charge in [-0.2, -0.15) is 0 Å². The highest BCUT2D eigenvalue weighted by Gasteiger charge is 2.08. The summed E-state index contributed by atoms with van der Waals surface area (Å²) in [6.45, 7) is 9.39. The molecular weight excluding hydrogens is 151 g/mol. The first-order chi connectivity index (χ1) is 5.24. The maximum Gasteiger partial charge on any atom is -0.0300 e. The van der Waals surface area contributed by atoms with Gasteiger partial charge in [0.05, 0.1) is 0 Å². The highest BCUT2D eigenvalue weighted by molar-refractivity contribution is 7.56. The van der Waals surface area contributed by atoms with Gasteiger partial charge in [-0.1, -0.05) is 40.0 Å². The SMILES string of the molecule is CCC[C@@H](CC)C[P@@](C)CC. The lowest BCUT2D eigenvalue weighted by atomic mass is 10.0. The predicted molar refractivity (Wildman–Crippen MR) is 56.9 cm³/mol. The van der Waals surface area contributed by atoms with Crippen molar-refractivity contribution in [2.45, 2.75) is 40.0 Å². The van der Waals surface area contributed by atoms with Crippen LogP contribution in [0.15, 0.2) is 0 Å². The molecule has 0 saturated heterocycles. The van der Waals surface area contributed by atoms with Gasteiger partial charge in [-0.15, -0.1) is 7.92 Å². The van der Waals surface area contributed by atoms with Gasteiger partial charge in [-0.25, -0.2) is 0 Å². The largest absolute Gasteiger partial charge is 0.110 e. The van der Waals surface area contributed by atoms with Gasteiger partial charge in [0.25, 0.3) is 0 Å². The van der Waals surface area contributed by atoms with Crippen LogP contribution in [0.1, 0.15) is 40.0 Å². The van der Waals surface area contributed by atoms with Crippen molar-refractivity contribution >= 4 is 7.92 Å². The summed E-state index contributed by atoms with van der Waals surface area (Å²) in [5, 5.41) is 0. The molecule has 0 bridgehead atoms. The molecule has 0 unspecified atom stereocenters. The van der Waals surface area contributed by atoms with Gasteiger partial charge in [0.1, 0.15) is 0 Å². The van der Waals surface area contributed by atoms with Crippen molar-refractivity contribution in [3.8, 4) is 0 Å². The van der Waals surface area contributed by atoms with Crippen LogP contribution in [0.2, 0.25) is 0 Å². The number of hydrogen-bond donors (Lipinski definition) is 0. The molecule has 0 rings (SSSR count). The summed E-state index contributed by atoms with van der Waals surface area (Å²) in [5.74, 6) is 1.02. The molecule has 0 aromatic carbocycles. The van der Waals surface area contributed by atoms with Crippen LogP contribution in [0, 0.1) is 5.92 Å². The molecule has 0 aliphatic heterocycles. The smallest absolute Gasteiger partial charge is 0.0300 e. The van der Waals surface area contributed by atoms with E-state index in [1.165, 1.54) is 31.6 Å². The maximum atomic E-state index is 2.44. The van der Waals surface area contributed by atoms with Crippen molar-refractivity contribution in [3.63, 3.8) is 0 Å². The fourth-order valence-corrected chi connectivity index (χ4v) is 2.98. The first kappa shape index (κ1) is 11.4. The van der Waals surface area contributed by atoms with E-state index >= 15 is 0 Å². The fraction of sp³-hybridized carbons (Fsp3) is 1.00. The molecule has 0 fully saturated rings. The van der Waals surface area contributed by atoms with Crippen LogP contribution in [0.5, 0.6) is 0 Å². The Morgan fingerprint density at radius 2 is 1.82 bits per heavy atom. The van der Waals surface area contributed by atoms with E-state index in [0.717, 1.165) is 5.92 Å². The molecule has 0 amide bonds. The third-order valence-corrected chi connectivity index (χ3v) is 4.60. The Kier molecular flexibility index (Phi) is 7.38. The zero-order chi connectivity index (χ0) is 8.69. The lowest BCUT2D eigenvalue weighted by Crippen LogP contribution is -2.03. The van der Waals surface area contributed by atoms with Gasteiger partial charge in [0.2, 0.25) is 0 Å². The minimum absolute atomic E-state index is 0.365. The zero-order valence-corrected chi connectivity index (χ0v) is 9.45. The van der Waals surface area contributed by atoms with E-state index in [9.17, 15) is 0 Å². The zero-order valence-electron chi connectivity index (χ0n) is 8.56. The highest BCUT2D eigenvalue weighted by atomic mass is 31.1. The predicted octanol–water partition coefficient (Wildman–Crippen LogP) is 3.94. The highest BCUT2D eigenvalue weighted by Crippen LogP contribution is 2.34. The Hall–Kier alpha value is 0.430. The minimum atomic E-state index is 0.365. The molecule has 0 aliphatic carbocycles. The van der Waals surface area contributed by atoms with Crippen LogP contribution in [-0.4, -0.2) is 19.0 Å². The Bertz CT molecular complexity index is 80.9. The average molecular weight is 174 g/mol. The van der Waals surface area contributed by atoms with E-state index < -0.39 is 0 Å². The summed E-state index contributed by atoms with van der Waals surface area (Å²) in [7, 11) is 0.365. The molecule has 0 heterocycles. The molecule has 11 heavy (non-hydrogen) atoms. The van der Waals surface area contributed by atoms with Crippen molar-refractivity contribution in [2.75, 3.05) is 19.0 Å². The topological polar surface area (TPSA) is 0 Å². The standard InChI is InChI=1S/C10H23P/c1-5-8-10(6-2)9-11(4)7-3/h10H,5-9H2,1-4H3/t10-,11+/m1/s1. The summed E-state index contributed by atoms with van der Waals surface area (Å²) in [6, 6.07) is 0. The number of rotatable bonds is 6. The van der Waals surface area contributed by atoms with Gasteiger partial charge in [-0.3, -0.25) is 0 Å².